The predicted molar refractivity (Wildman–Crippen MR) is 93.5 cm³/mol. The summed E-state index contributed by atoms with van der Waals surface area (Å²) in [5.41, 5.74) is 0.840. The molecule has 1 aromatic carbocycles. The van der Waals surface area contributed by atoms with E-state index in [0.29, 0.717) is 23.9 Å². The van der Waals surface area contributed by atoms with Crippen LogP contribution in [0.5, 0.6) is 0 Å². The molecule has 0 aliphatic rings. The Morgan fingerprint density at radius 1 is 1.48 bits per heavy atom. The molecule has 23 heavy (non-hydrogen) atoms. The third kappa shape index (κ3) is 4.98. The fourth-order valence-corrected chi connectivity index (χ4v) is 2.75. The average Bonchev–Trinajstić information content (AvgIpc) is 2.79. The van der Waals surface area contributed by atoms with E-state index in [1.165, 1.54) is 0 Å². The molecule has 1 atom stereocenters. The minimum absolute atomic E-state index is 0.00135. The van der Waals surface area contributed by atoms with Gasteiger partial charge in [-0.25, -0.2) is 0 Å². The smallest absolute Gasteiger partial charge is 0.292 e. The number of quaternary nitrogens is 1. The van der Waals surface area contributed by atoms with E-state index >= 15 is 0 Å². The molecule has 1 aromatic heterocycles. The zero-order chi connectivity index (χ0) is 17.0. The maximum absolute atomic E-state index is 11.8. The van der Waals surface area contributed by atoms with Crippen LogP contribution in [0, 0.1) is 4.84 Å². The van der Waals surface area contributed by atoms with E-state index in [9.17, 15) is 4.79 Å². The van der Waals surface area contributed by atoms with Gasteiger partial charge in [-0.2, -0.15) is 4.68 Å². The number of carbonyl (C=O) groups is 1. The summed E-state index contributed by atoms with van der Waals surface area (Å²) in [6.45, 7) is 4.67. The Kier molecular flexibility index (Phi) is 6.09. The number of nitrogens with zero attached hydrogens (tertiary/aromatic N) is 2. The molecule has 8 heteroatoms. The molecule has 0 bridgehead atoms. The molecule has 1 amide bonds. The highest BCUT2D eigenvalue weighted by Gasteiger charge is 2.15. The molecule has 6 nitrogen and oxygen atoms in total. The summed E-state index contributed by atoms with van der Waals surface area (Å²) in [6.07, 6.45) is 0. The Bertz CT molecular complexity index is 741. The molecule has 0 saturated carbocycles. The first kappa shape index (κ1) is 17.8. The lowest BCUT2D eigenvalue weighted by Gasteiger charge is -2.14. The van der Waals surface area contributed by atoms with Crippen molar-refractivity contribution in [2.45, 2.75) is 26.6 Å². The van der Waals surface area contributed by atoms with Crippen molar-refractivity contribution in [3.8, 4) is 11.5 Å². The Morgan fingerprint density at radius 3 is 2.83 bits per heavy atom. The van der Waals surface area contributed by atoms with Crippen molar-refractivity contribution in [2.24, 2.45) is 0 Å². The molecule has 2 rings (SSSR count). The summed E-state index contributed by atoms with van der Waals surface area (Å²) in [5.74, 6) is 0.459. The Labute approximate surface area is 148 Å². The van der Waals surface area contributed by atoms with Crippen LogP contribution < -0.4 is 10.2 Å². The summed E-state index contributed by atoms with van der Waals surface area (Å²) in [4.78, 5) is 13.0. The molecule has 0 aliphatic carbocycles. The Balaban J connectivity index is 2.09. The average molecular weight is 400 g/mol. The second kappa shape index (κ2) is 7.85. The summed E-state index contributed by atoms with van der Waals surface area (Å²) in [5, 5.41) is 7.28. The third-order valence-corrected chi connectivity index (χ3v) is 4.03. The number of benzene rings is 1. The molecule has 2 aromatic rings. The first-order valence-electron chi connectivity index (χ1n) is 7.30. The number of hydrogen-bond donors (Lipinski definition) is 2. The number of carbonyl (C=O) groups excluding carboxylic acids is 1. The molecule has 0 saturated heterocycles. The number of rotatable bonds is 6. The maximum Gasteiger partial charge on any atom is 0.292 e. The van der Waals surface area contributed by atoms with Crippen LogP contribution in [0.2, 0.25) is 0 Å². The molecular weight excluding hydrogens is 380 g/mol. The topological polar surface area (TPSA) is 64.5 Å². The molecule has 0 aliphatic heterocycles. The standard InChI is InChI=1S/C15H19BrN4O2S/c1-10(2)17-13(21)8-19(3)9-20-15(23)22-14(18-20)11-6-4-5-7-12(11)16/h4-7,10H,8-9H2,1-3H3,(H,17,21)/p+1. The van der Waals surface area contributed by atoms with Gasteiger partial charge in [-0.1, -0.05) is 12.1 Å². The predicted octanol–water partition coefficient (Wildman–Crippen LogP) is 1.63. The second-order valence-corrected chi connectivity index (χ2v) is 6.87. The van der Waals surface area contributed by atoms with E-state index in [0.717, 1.165) is 14.9 Å². The van der Waals surface area contributed by atoms with E-state index in [4.69, 9.17) is 16.6 Å². The first-order chi connectivity index (χ1) is 10.9. The van der Waals surface area contributed by atoms with Crippen LogP contribution in [0.4, 0.5) is 0 Å². The minimum atomic E-state index is -0.00135. The SMILES string of the molecule is CC(C)NC(=O)C[NH+](C)Cn1nc(-c2ccccc2Br)oc1=S. The van der Waals surface area contributed by atoms with E-state index < -0.39 is 0 Å². The van der Waals surface area contributed by atoms with Gasteiger partial charge in [-0.05, 0) is 54.1 Å². The molecule has 0 spiro atoms. The summed E-state index contributed by atoms with van der Waals surface area (Å²) in [7, 11) is 1.91. The number of amides is 1. The van der Waals surface area contributed by atoms with Crippen LogP contribution in [0.15, 0.2) is 33.2 Å². The van der Waals surface area contributed by atoms with E-state index in [1.54, 1.807) is 4.68 Å². The normalized spacial score (nSPS) is 12.4. The van der Waals surface area contributed by atoms with Gasteiger partial charge in [0.2, 0.25) is 5.89 Å². The van der Waals surface area contributed by atoms with Gasteiger partial charge in [0.05, 0.1) is 12.6 Å². The highest BCUT2D eigenvalue weighted by Crippen LogP contribution is 2.26. The van der Waals surface area contributed by atoms with Crippen LogP contribution >= 0.6 is 28.1 Å². The van der Waals surface area contributed by atoms with Crippen molar-refractivity contribution in [2.75, 3.05) is 13.6 Å². The zero-order valence-electron chi connectivity index (χ0n) is 13.3. The van der Waals surface area contributed by atoms with Crippen molar-refractivity contribution < 1.29 is 14.1 Å². The molecule has 124 valence electrons. The minimum Gasteiger partial charge on any atom is -0.409 e. The lowest BCUT2D eigenvalue weighted by Crippen LogP contribution is -3.09. The van der Waals surface area contributed by atoms with Crippen LogP contribution in [-0.4, -0.2) is 35.3 Å². The van der Waals surface area contributed by atoms with Gasteiger partial charge in [0.1, 0.15) is 0 Å². The molecule has 0 radical (unpaired) electrons. The Morgan fingerprint density at radius 2 is 2.17 bits per heavy atom. The fraction of sp³-hybridized carbons (Fsp3) is 0.400. The van der Waals surface area contributed by atoms with Crippen LogP contribution in [0.25, 0.3) is 11.5 Å². The van der Waals surface area contributed by atoms with Crippen molar-refractivity contribution in [3.05, 3.63) is 33.6 Å². The third-order valence-electron chi connectivity index (χ3n) is 3.04. The lowest BCUT2D eigenvalue weighted by molar-refractivity contribution is -0.895. The van der Waals surface area contributed by atoms with Gasteiger partial charge < -0.3 is 14.6 Å². The van der Waals surface area contributed by atoms with Crippen molar-refractivity contribution >= 4 is 34.1 Å². The first-order valence-corrected chi connectivity index (χ1v) is 8.50. The van der Waals surface area contributed by atoms with E-state index in [2.05, 4.69) is 26.3 Å². The molecule has 2 N–H and O–H groups in total. The van der Waals surface area contributed by atoms with Gasteiger partial charge in [-0.3, -0.25) is 4.79 Å². The maximum atomic E-state index is 11.8. The Hall–Kier alpha value is -1.51. The number of nitrogens with one attached hydrogen (secondary N) is 2. The van der Waals surface area contributed by atoms with Crippen LogP contribution in [0.3, 0.4) is 0 Å². The number of likely N-dealkylation sites (N-methyl/N-ethyl adjacent to an activating group) is 1. The van der Waals surface area contributed by atoms with Crippen molar-refractivity contribution in [3.63, 3.8) is 0 Å². The highest BCUT2D eigenvalue weighted by atomic mass is 79.9. The highest BCUT2D eigenvalue weighted by molar-refractivity contribution is 9.10. The molecule has 1 unspecified atom stereocenters. The lowest BCUT2D eigenvalue weighted by atomic mass is 10.2. The number of aromatic nitrogens is 2. The van der Waals surface area contributed by atoms with Gasteiger partial charge in [-0.15, -0.1) is 5.10 Å². The summed E-state index contributed by atoms with van der Waals surface area (Å²) < 4.78 is 8.06. The number of hydrogen-bond acceptors (Lipinski definition) is 4. The summed E-state index contributed by atoms with van der Waals surface area (Å²) in [6, 6.07) is 7.78. The van der Waals surface area contributed by atoms with Crippen LogP contribution in [-0.2, 0) is 11.5 Å². The van der Waals surface area contributed by atoms with Gasteiger partial charge >= 0.3 is 0 Å². The van der Waals surface area contributed by atoms with E-state index in [1.807, 2.05) is 45.2 Å². The molecule has 1 heterocycles. The summed E-state index contributed by atoms with van der Waals surface area (Å²) >= 11 is 8.69. The van der Waals surface area contributed by atoms with E-state index in [-0.39, 0.29) is 11.9 Å². The van der Waals surface area contributed by atoms with Gasteiger partial charge in [0.25, 0.3) is 10.7 Å². The molecular formula is C15H20BrN4O2S+. The quantitative estimate of drug-likeness (QED) is 0.724. The monoisotopic (exact) mass is 399 g/mol. The van der Waals surface area contributed by atoms with Gasteiger partial charge in [0, 0.05) is 10.5 Å². The largest absolute Gasteiger partial charge is 0.409 e. The zero-order valence-corrected chi connectivity index (χ0v) is 15.7. The van der Waals surface area contributed by atoms with Crippen molar-refractivity contribution in [1.29, 1.82) is 0 Å². The second-order valence-electron chi connectivity index (χ2n) is 5.67. The van der Waals surface area contributed by atoms with Crippen molar-refractivity contribution in [1.82, 2.24) is 15.1 Å². The number of halogens is 1. The molecule has 0 fully saturated rings. The van der Waals surface area contributed by atoms with Crippen LogP contribution in [0.1, 0.15) is 13.8 Å². The van der Waals surface area contributed by atoms with Gasteiger partial charge in [0.15, 0.2) is 13.2 Å². The fourth-order valence-electron chi connectivity index (χ4n) is 2.11.